The van der Waals surface area contributed by atoms with E-state index in [2.05, 4.69) is 22.4 Å². The molecular weight excluding hydrogens is 238 g/mol. The van der Waals surface area contributed by atoms with E-state index in [1.807, 2.05) is 23.1 Å². The van der Waals surface area contributed by atoms with Crippen LogP contribution in [0, 0.1) is 0 Å². The number of nitrogens with one attached hydrogen (secondary N) is 1. The fourth-order valence-electron chi connectivity index (χ4n) is 2.42. The molecule has 0 bridgehead atoms. The lowest BCUT2D eigenvalue weighted by atomic mass is 10.1. The monoisotopic (exact) mass is 253 g/mol. The van der Waals surface area contributed by atoms with Crippen molar-refractivity contribution in [3.8, 4) is 0 Å². The molecule has 19 heavy (non-hydrogen) atoms. The van der Waals surface area contributed by atoms with E-state index in [0.717, 1.165) is 0 Å². The molecule has 3 rings (SSSR count). The second-order valence-corrected chi connectivity index (χ2v) is 4.58. The summed E-state index contributed by atoms with van der Waals surface area (Å²) in [6, 6.07) is 11.8. The Kier molecular flexibility index (Phi) is 2.91. The van der Waals surface area contributed by atoms with Crippen molar-refractivity contribution in [1.82, 2.24) is 9.88 Å². The van der Waals surface area contributed by atoms with Crippen molar-refractivity contribution in [3.63, 3.8) is 0 Å². The third-order valence-corrected chi connectivity index (χ3v) is 3.40. The summed E-state index contributed by atoms with van der Waals surface area (Å²) in [7, 11) is 1.78. The Labute approximate surface area is 112 Å². The van der Waals surface area contributed by atoms with Gasteiger partial charge in [-0.15, -0.1) is 0 Å². The highest BCUT2D eigenvalue weighted by molar-refractivity contribution is 5.98. The molecule has 96 valence electrons. The van der Waals surface area contributed by atoms with Crippen molar-refractivity contribution in [3.05, 3.63) is 59.3 Å². The molecule has 0 aliphatic carbocycles. The molecular formula is C15H15N3O. The van der Waals surface area contributed by atoms with Gasteiger partial charge in [-0.3, -0.25) is 4.79 Å². The zero-order chi connectivity index (χ0) is 13.2. The predicted molar refractivity (Wildman–Crippen MR) is 73.8 cm³/mol. The molecule has 0 radical (unpaired) electrons. The van der Waals surface area contributed by atoms with Crippen molar-refractivity contribution >= 4 is 11.7 Å². The van der Waals surface area contributed by atoms with Crippen LogP contribution < -0.4 is 5.32 Å². The molecule has 1 aromatic carbocycles. The van der Waals surface area contributed by atoms with E-state index >= 15 is 0 Å². The Bertz CT molecular complexity index is 599. The Morgan fingerprint density at radius 3 is 2.47 bits per heavy atom. The lowest BCUT2D eigenvalue weighted by molar-refractivity contribution is 0.0752. The standard InChI is InChI=1S/C15H15N3O/c1-16-14-13(7-4-8-17-14)15(19)18-9-11-5-2-3-6-12(11)10-18/h2-8H,9-10H2,1H3,(H,16,17). The van der Waals surface area contributed by atoms with E-state index in [-0.39, 0.29) is 5.91 Å². The molecule has 4 nitrogen and oxygen atoms in total. The summed E-state index contributed by atoms with van der Waals surface area (Å²) in [5.74, 6) is 0.650. The number of pyridine rings is 1. The first kappa shape index (κ1) is 11.7. The molecule has 1 aliphatic rings. The number of amides is 1. The van der Waals surface area contributed by atoms with Crippen LogP contribution in [0.3, 0.4) is 0 Å². The number of benzene rings is 1. The maximum atomic E-state index is 12.5. The number of aromatic nitrogens is 1. The van der Waals surface area contributed by atoms with Gasteiger partial charge >= 0.3 is 0 Å². The number of anilines is 1. The van der Waals surface area contributed by atoms with Crippen LogP contribution in [0.1, 0.15) is 21.5 Å². The normalized spacial score (nSPS) is 13.2. The van der Waals surface area contributed by atoms with E-state index < -0.39 is 0 Å². The van der Waals surface area contributed by atoms with Crippen molar-refractivity contribution in [2.75, 3.05) is 12.4 Å². The van der Waals surface area contributed by atoms with Crippen molar-refractivity contribution in [2.24, 2.45) is 0 Å². The SMILES string of the molecule is CNc1ncccc1C(=O)N1Cc2ccccc2C1. The van der Waals surface area contributed by atoms with Gasteiger partial charge in [0.2, 0.25) is 0 Å². The lowest BCUT2D eigenvalue weighted by Crippen LogP contribution is -2.26. The van der Waals surface area contributed by atoms with Crippen molar-refractivity contribution in [1.29, 1.82) is 0 Å². The van der Waals surface area contributed by atoms with Crippen LogP contribution >= 0.6 is 0 Å². The Hall–Kier alpha value is -2.36. The Morgan fingerprint density at radius 2 is 1.84 bits per heavy atom. The number of rotatable bonds is 2. The molecule has 1 aliphatic heterocycles. The minimum absolute atomic E-state index is 0.0219. The van der Waals surface area contributed by atoms with Crippen molar-refractivity contribution < 1.29 is 4.79 Å². The van der Waals surface area contributed by atoms with Crippen LogP contribution in [0.25, 0.3) is 0 Å². The highest BCUT2D eigenvalue weighted by Gasteiger charge is 2.25. The Balaban J connectivity index is 1.87. The summed E-state index contributed by atoms with van der Waals surface area (Å²) < 4.78 is 0. The molecule has 2 aromatic rings. The maximum absolute atomic E-state index is 12.5. The lowest BCUT2D eigenvalue weighted by Gasteiger charge is -2.17. The highest BCUT2D eigenvalue weighted by Crippen LogP contribution is 2.25. The molecule has 0 spiro atoms. The van der Waals surface area contributed by atoms with Gasteiger partial charge < -0.3 is 10.2 Å². The second kappa shape index (κ2) is 4.72. The van der Waals surface area contributed by atoms with Crippen LogP contribution in [0.2, 0.25) is 0 Å². The quantitative estimate of drug-likeness (QED) is 0.893. The molecule has 0 atom stereocenters. The van der Waals surface area contributed by atoms with Gasteiger partial charge in [0.25, 0.3) is 5.91 Å². The largest absolute Gasteiger partial charge is 0.372 e. The second-order valence-electron chi connectivity index (χ2n) is 4.58. The fourth-order valence-corrected chi connectivity index (χ4v) is 2.42. The first-order chi connectivity index (χ1) is 9.29. The minimum atomic E-state index is 0.0219. The third kappa shape index (κ3) is 2.05. The molecule has 1 aromatic heterocycles. The summed E-state index contributed by atoms with van der Waals surface area (Å²) in [6.45, 7) is 1.35. The molecule has 0 saturated carbocycles. The zero-order valence-electron chi connectivity index (χ0n) is 10.8. The summed E-state index contributed by atoms with van der Waals surface area (Å²) >= 11 is 0. The van der Waals surface area contributed by atoms with Gasteiger partial charge in [-0.25, -0.2) is 4.98 Å². The average Bonchev–Trinajstić information content (AvgIpc) is 2.90. The average molecular weight is 253 g/mol. The van der Waals surface area contributed by atoms with Gasteiger partial charge in [-0.2, -0.15) is 0 Å². The molecule has 0 saturated heterocycles. The molecule has 4 heteroatoms. The number of hydrogen-bond donors (Lipinski definition) is 1. The summed E-state index contributed by atoms with van der Waals surface area (Å²) in [5, 5.41) is 2.96. The van der Waals surface area contributed by atoms with Gasteiger partial charge in [-0.05, 0) is 23.3 Å². The van der Waals surface area contributed by atoms with Gasteiger partial charge in [0.1, 0.15) is 5.82 Å². The predicted octanol–water partition coefficient (Wildman–Crippen LogP) is 2.28. The van der Waals surface area contributed by atoms with Gasteiger partial charge in [0, 0.05) is 26.3 Å². The Morgan fingerprint density at radius 1 is 1.16 bits per heavy atom. The van der Waals surface area contributed by atoms with E-state index in [9.17, 15) is 4.79 Å². The number of carbonyl (C=O) groups is 1. The summed E-state index contributed by atoms with van der Waals surface area (Å²) in [6.07, 6.45) is 1.68. The van der Waals surface area contributed by atoms with E-state index in [1.165, 1.54) is 11.1 Å². The fraction of sp³-hybridized carbons (Fsp3) is 0.200. The van der Waals surface area contributed by atoms with E-state index in [0.29, 0.717) is 24.5 Å². The summed E-state index contributed by atoms with van der Waals surface area (Å²) in [5.41, 5.74) is 3.08. The molecule has 1 amide bonds. The van der Waals surface area contributed by atoms with Crippen LogP contribution in [-0.2, 0) is 13.1 Å². The highest BCUT2D eigenvalue weighted by atomic mass is 16.2. The topological polar surface area (TPSA) is 45.2 Å². The van der Waals surface area contributed by atoms with Crippen LogP contribution in [0.15, 0.2) is 42.6 Å². The number of nitrogens with zero attached hydrogens (tertiary/aromatic N) is 2. The maximum Gasteiger partial charge on any atom is 0.258 e. The van der Waals surface area contributed by atoms with Gasteiger partial charge in [-0.1, -0.05) is 24.3 Å². The summed E-state index contributed by atoms with van der Waals surface area (Å²) in [4.78, 5) is 18.6. The van der Waals surface area contributed by atoms with Crippen molar-refractivity contribution in [2.45, 2.75) is 13.1 Å². The number of carbonyl (C=O) groups excluding carboxylic acids is 1. The van der Waals surface area contributed by atoms with E-state index in [1.54, 1.807) is 19.3 Å². The van der Waals surface area contributed by atoms with Crippen LogP contribution in [-0.4, -0.2) is 22.8 Å². The molecule has 0 unspecified atom stereocenters. The van der Waals surface area contributed by atoms with E-state index in [4.69, 9.17) is 0 Å². The first-order valence-electron chi connectivity index (χ1n) is 6.28. The minimum Gasteiger partial charge on any atom is -0.372 e. The smallest absolute Gasteiger partial charge is 0.258 e. The number of fused-ring (bicyclic) bond motifs is 1. The molecule has 1 N–H and O–H groups in total. The van der Waals surface area contributed by atoms with Crippen LogP contribution in [0.5, 0.6) is 0 Å². The van der Waals surface area contributed by atoms with Gasteiger partial charge in [0.05, 0.1) is 5.56 Å². The molecule has 2 heterocycles. The third-order valence-electron chi connectivity index (χ3n) is 3.40. The zero-order valence-corrected chi connectivity index (χ0v) is 10.8. The van der Waals surface area contributed by atoms with Gasteiger partial charge in [0.15, 0.2) is 0 Å². The number of hydrogen-bond acceptors (Lipinski definition) is 3. The first-order valence-corrected chi connectivity index (χ1v) is 6.28. The molecule has 0 fully saturated rings. The van der Waals surface area contributed by atoms with Crippen LogP contribution in [0.4, 0.5) is 5.82 Å².